The molecule has 21 heavy (non-hydrogen) atoms. The predicted molar refractivity (Wildman–Crippen MR) is 87.8 cm³/mol. The molecule has 0 bridgehead atoms. The van der Waals surface area contributed by atoms with Crippen LogP contribution in [0.3, 0.4) is 0 Å². The van der Waals surface area contributed by atoms with Crippen LogP contribution < -0.4 is 5.32 Å². The number of hydrogen-bond acceptors (Lipinski definition) is 2. The van der Waals surface area contributed by atoms with Gasteiger partial charge in [0.05, 0.1) is 6.04 Å². The lowest BCUT2D eigenvalue weighted by atomic mass is 9.99. The third-order valence-electron chi connectivity index (χ3n) is 4.38. The summed E-state index contributed by atoms with van der Waals surface area (Å²) in [7, 11) is 0. The topological polar surface area (TPSA) is 32.3 Å². The smallest absolute Gasteiger partial charge is 0.118 e. The van der Waals surface area contributed by atoms with Crippen LogP contribution in [0.4, 0.5) is 5.69 Å². The highest BCUT2D eigenvalue weighted by Gasteiger charge is 2.32. The van der Waals surface area contributed by atoms with Gasteiger partial charge in [-0.25, -0.2) is 0 Å². The molecule has 110 valence electrons. The molecule has 0 saturated heterocycles. The van der Waals surface area contributed by atoms with E-state index in [1.807, 2.05) is 26.0 Å². The highest BCUT2D eigenvalue weighted by Crippen LogP contribution is 2.43. The first kappa shape index (κ1) is 14.0. The largest absolute Gasteiger partial charge is 0.508 e. The van der Waals surface area contributed by atoms with Gasteiger partial charge in [-0.2, -0.15) is 0 Å². The number of phenols is 1. The highest BCUT2D eigenvalue weighted by molar-refractivity contribution is 5.58. The van der Waals surface area contributed by atoms with Gasteiger partial charge < -0.3 is 10.4 Å². The van der Waals surface area contributed by atoms with Gasteiger partial charge >= 0.3 is 0 Å². The fourth-order valence-corrected chi connectivity index (χ4v) is 2.80. The molecular formula is C19H23NO. The number of benzene rings is 2. The number of aryl methyl sites for hydroxylation is 3. The minimum absolute atomic E-state index is 0.369. The molecule has 2 aromatic rings. The van der Waals surface area contributed by atoms with Crippen molar-refractivity contribution in [2.24, 2.45) is 5.92 Å². The zero-order valence-corrected chi connectivity index (χ0v) is 13.0. The molecule has 2 heteroatoms. The van der Waals surface area contributed by atoms with E-state index in [1.54, 1.807) is 0 Å². The van der Waals surface area contributed by atoms with Crippen molar-refractivity contribution in [2.45, 2.75) is 39.7 Å². The van der Waals surface area contributed by atoms with E-state index in [2.05, 4.69) is 36.5 Å². The second-order valence-electron chi connectivity index (χ2n) is 6.32. The first-order valence-corrected chi connectivity index (χ1v) is 7.68. The van der Waals surface area contributed by atoms with Crippen LogP contribution in [0, 0.1) is 26.7 Å². The monoisotopic (exact) mass is 281 g/mol. The zero-order valence-electron chi connectivity index (χ0n) is 13.0. The lowest BCUT2D eigenvalue weighted by Gasteiger charge is -2.22. The van der Waals surface area contributed by atoms with Crippen molar-refractivity contribution in [1.29, 1.82) is 0 Å². The Hall–Kier alpha value is -1.96. The molecule has 1 saturated carbocycles. The van der Waals surface area contributed by atoms with E-state index < -0.39 is 0 Å². The molecular weight excluding hydrogens is 258 g/mol. The Balaban J connectivity index is 1.89. The van der Waals surface area contributed by atoms with Gasteiger partial charge in [0.15, 0.2) is 0 Å². The Bertz CT molecular complexity index is 641. The number of rotatable bonds is 4. The summed E-state index contributed by atoms with van der Waals surface area (Å²) >= 11 is 0. The maximum absolute atomic E-state index is 9.80. The van der Waals surface area contributed by atoms with Crippen LogP contribution in [-0.2, 0) is 0 Å². The summed E-state index contributed by atoms with van der Waals surface area (Å²) in [6, 6.07) is 13.1. The molecule has 3 rings (SSSR count). The first-order chi connectivity index (χ1) is 10.0. The Morgan fingerprint density at radius 1 is 1.00 bits per heavy atom. The summed E-state index contributed by atoms with van der Waals surface area (Å²) in [6.45, 7) is 6.11. The highest BCUT2D eigenvalue weighted by atomic mass is 16.3. The normalized spacial score (nSPS) is 15.8. The summed E-state index contributed by atoms with van der Waals surface area (Å²) in [6.07, 6.45) is 2.59. The molecule has 0 heterocycles. The van der Waals surface area contributed by atoms with Gasteiger partial charge in [0.25, 0.3) is 0 Å². The van der Waals surface area contributed by atoms with Crippen molar-refractivity contribution in [1.82, 2.24) is 0 Å². The zero-order chi connectivity index (χ0) is 15.0. The summed E-state index contributed by atoms with van der Waals surface area (Å²) in [4.78, 5) is 0. The lowest BCUT2D eigenvalue weighted by Crippen LogP contribution is -2.13. The second-order valence-corrected chi connectivity index (χ2v) is 6.32. The second kappa shape index (κ2) is 5.44. The Morgan fingerprint density at radius 3 is 2.29 bits per heavy atom. The summed E-state index contributed by atoms with van der Waals surface area (Å²) in [5, 5.41) is 13.5. The lowest BCUT2D eigenvalue weighted by molar-refractivity contribution is 0.470. The van der Waals surface area contributed by atoms with Crippen LogP contribution in [0.2, 0.25) is 0 Å². The molecule has 1 aliphatic carbocycles. The molecule has 1 fully saturated rings. The molecule has 1 atom stereocenters. The number of anilines is 1. The SMILES string of the molecule is Cc1ccc(C(Nc2cc(C)c(O)cc2C)C2CC2)cc1. The van der Waals surface area contributed by atoms with Crippen LogP contribution in [0.25, 0.3) is 0 Å². The standard InChI is InChI=1S/C19H23NO/c1-12-4-6-15(7-5-12)19(16-8-9-16)20-17-10-14(3)18(21)11-13(17)2/h4-7,10-11,16,19-21H,8-9H2,1-3H3. The van der Waals surface area contributed by atoms with E-state index in [4.69, 9.17) is 0 Å². The van der Waals surface area contributed by atoms with E-state index in [9.17, 15) is 5.11 Å². The molecule has 0 aromatic heterocycles. The number of hydrogen-bond donors (Lipinski definition) is 2. The van der Waals surface area contributed by atoms with Crippen molar-refractivity contribution < 1.29 is 5.11 Å². The van der Waals surface area contributed by atoms with Crippen molar-refractivity contribution >= 4 is 5.69 Å². The van der Waals surface area contributed by atoms with Crippen molar-refractivity contribution in [3.05, 3.63) is 58.7 Å². The number of phenolic OH excluding ortho intramolecular Hbond substituents is 1. The Labute approximate surface area is 126 Å². The van der Waals surface area contributed by atoms with Gasteiger partial charge in [0, 0.05) is 5.69 Å². The van der Waals surface area contributed by atoms with Crippen LogP contribution in [0.15, 0.2) is 36.4 Å². The predicted octanol–water partition coefficient (Wildman–Crippen LogP) is 4.88. The van der Waals surface area contributed by atoms with Gasteiger partial charge in [0.2, 0.25) is 0 Å². The summed E-state index contributed by atoms with van der Waals surface area (Å²) in [5.74, 6) is 1.09. The van der Waals surface area contributed by atoms with Gasteiger partial charge in [-0.3, -0.25) is 0 Å². The van der Waals surface area contributed by atoms with Gasteiger partial charge in [-0.1, -0.05) is 29.8 Å². The molecule has 0 amide bonds. The molecule has 0 aliphatic heterocycles. The Morgan fingerprint density at radius 2 is 1.67 bits per heavy atom. The fourth-order valence-electron chi connectivity index (χ4n) is 2.80. The maximum atomic E-state index is 9.80. The van der Waals surface area contributed by atoms with Gasteiger partial charge in [-0.15, -0.1) is 0 Å². The Kier molecular flexibility index (Phi) is 3.62. The van der Waals surface area contributed by atoms with E-state index in [1.165, 1.54) is 24.0 Å². The van der Waals surface area contributed by atoms with Crippen LogP contribution >= 0.6 is 0 Å². The van der Waals surface area contributed by atoms with Crippen molar-refractivity contribution in [3.8, 4) is 5.75 Å². The molecule has 2 N–H and O–H groups in total. The van der Waals surface area contributed by atoms with E-state index in [0.29, 0.717) is 11.8 Å². The van der Waals surface area contributed by atoms with Gasteiger partial charge in [-0.05, 0) is 68.4 Å². The van der Waals surface area contributed by atoms with Gasteiger partial charge in [0.1, 0.15) is 5.75 Å². The van der Waals surface area contributed by atoms with Crippen LogP contribution in [-0.4, -0.2) is 5.11 Å². The minimum Gasteiger partial charge on any atom is -0.508 e. The van der Waals surface area contributed by atoms with E-state index in [-0.39, 0.29) is 0 Å². The molecule has 0 spiro atoms. The minimum atomic E-state index is 0.369. The molecule has 1 aliphatic rings. The molecule has 2 nitrogen and oxygen atoms in total. The summed E-state index contributed by atoms with van der Waals surface area (Å²) in [5.41, 5.74) is 5.79. The number of aromatic hydroxyl groups is 1. The van der Waals surface area contributed by atoms with E-state index in [0.717, 1.165) is 22.7 Å². The maximum Gasteiger partial charge on any atom is 0.118 e. The average Bonchev–Trinajstić information content (AvgIpc) is 3.27. The molecule has 0 radical (unpaired) electrons. The third kappa shape index (κ3) is 3.05. The van der Waals surface area contributed by atoms with E-state index >= 15 is 0 Å². The van der Waals surface area contributed by atoms with Crippen LogP contribution in [0.5, 0.6) is 5.75 Å². The third-order valence-corrected chi connectivity index (χ3v) is 4.38. The average molecular weight is 281 g/mol. The summed E-state index contributed by atoms with van der Waals surface area (Å²) < 4.78 is 0. The van der Waals surface area contributed by atoms with Crippen molar-refractivity contribution in [3.63, 3.8) is 0 Å². The molecule has 2 aromatic carbocycles. The van der Waals surface area contributed by atoms with Crippen molar-refractivity contribution in [2.75, 3.05) is 5.32 Å². The first-order valence-electron chi connectivity index (χ1n) is 7.68. The molecule has 1 unspecified atom stereocenters. The quantitative estimate of drug-likeness (QED) is 0.783. The van der Waals surface area contributed by atoms with Crippen LogP contribution in [0.1, 0.15) is 41.1 Å². The fraction of sp³-hybridized carbons (Fsp3) is 0.368. The number of nitrogens with one attached hydrogen (secondary N) is 1.